The van der Waals surface area contributed by atoms with Crippen molar-refractivity contribution in [3.8, 4) is 28.5 Å². The number of nitrogens with one attached hydrogen (secondary N) is 2. The van der Waals surface area contributed by atoms with Crippen LogP contribution in [0.2, 0.25) is 0 Å². The molecule has 2 N–H and O–H groups in total. The van der Waals surface area contributed by atoms with E-state index in [1.54, 1.807) is 26.5 Å². The number of hydrazone groups is 1. The number of carbonyl (C=O) groups is 1. The van der Waals surface area contributed by atoms with Gasteiger partial charge < -0.3 is 14.2 Å². The molecule has 0 atom stereocenters. The van der Waals surface area contributed by atoms with E-state index in [4.69, 9.17) is 14.2 Å². The summed E-state index contributed by atoms with van der Waals surface area (Å²) >= 11 is 0. The lowest BCUT2D eigenvalue weighted by molar-refractivity contribution is 0.0950. The molecule has 8 heteroatoms. The molecule has 0 radical (unpaired) electrons. The predicted octanol–water partition coefficient (Wildman–Crippen LogP) is 3.65. The molecule has 1 heterocycles. The molecule has 0 fully saturated rings. The summed E-state index contributed by atoms with van der Waals surface area (Å²) in [5, 5.41) is 10.9. The zero-order valence-corrected chi connectivity index (χ0v) is 17.3. The van der Waals surface area contributed by atoms with Gasteiger partial charge >= 0.3 is 0 Å². The van der Waals surface area contributed by atoms with Crippen LogP contribution in [0, 0.1) is 0 Å². The number of nitrogens with zero attached hydrogens (tertiary/aromatic N) is 2. The molecule has 0 saturated carbocycles. The highest BCUT2D eigenvalue weighted by Crippen LogP contribution is 2.32. The molecule has 0 aliphatic rings. The van der Waals surface area contributed by atoms with Crippen molar-refractivity contribution in [2.75, 3.05) is 14.2 Å². The molecule has 1 aromatic heterocycles. The van der Waals surface area contributed by atoms with Gasteiger partial charge in [0.25, 0.3) is 5.91 Å². The summed E-state index contributed by atoms with van der Waals surface area (Å²) < 4.78 is 16.2. The second-order valence-corrected chi connectivity index (χ2v) is 6.67. The zero-order valence-electron chi connectivity index (χ0n) is 17.3. The van der Waals surface area contributed by atoms with Crippen molar-refractivity contribution in [3.05, 3.63) is 59.8 Å². The predicted molar refractivity (Wildman–Crippen MR) is 114 cm³/mol. The average Bonchev–Trinajstić information content (AvgIpc) is 3.24. The standard InChI is InChI=1S/C22H24N4O4/c1-14(2)30-20-10-7-16(11-21(20)29-4)18-12-19(25-24-18)22(27)26-23-13-15-5-8-17(28-3)9-6-15/h5-14H,1-4H3,(H,24,25)(H,26,27)/b23-13-. The lowest BCUT2D eigenvalue weighted by atomic mass is 10.1. The Morgan fingerprint density at radius 3 is 2.50 bits per heavy atom. The molecule has 0 aliphatic heterocycles. The first-order chi connectivity index (χ1) is 14.5. The Kier molecular flexibility index (Phi) is 6.69. The summed E-state index contributed by atoms with van der Waals surface area (Å²) in [6, 6.07) is 14.5. The van der Waals surface area contributed by atoms with Crippen LogP contribution in [0.15, 0.2) is 53.6 Å². The maximum Gasteiger partial charge on any atom is 0.289 e. The average molecular weight is 408 g/mol. The first-order valence-corrected chi connectivity index (χ1v) is 9.38. The molecule has 3 rings (SSSR count). The van der Waals surface area contributed by atoms with Gasteiger partial charge in [-0.3, -0.25) is 9.89 Å². The van der Waals surface area contributed by atoms with Crippen LogP contribution in [0.25, 0.3) is 11.3 Å². The van der Waals surface area contributed by atoms with Crippen LogP contribution >= 0.6 is 0 Å². The second kappa shape index (κ2) is 9.60. The van der Waals surface area contributed by atoms with E-state index in [9.17, 15) is 4.79 Å². The molecule has 0 aliphatic carbocycles. The number of hydrogen-bond donors (Lipinski definition) is 2. The third-order valence-electron chi connectivity index (χ3n) is 4.14. The van der Waals surface area contributed by atoms with Crippen molar-refractivity contribution in [1.82, 2.24) is 15.6 Å². The van der Waals surface area contributed by atoms with Crippen molar-refractivity contribution in [1.29, 1.82) is 0 Å². The number of ether oxygens (including phenoxy) is 3. The van der Waals surface area contributed by atoms with E-state index in [-0.39, 0.29) is 6.10 Å². The van der Waals surface area contributed by atoms with Crippen molar-refractivity contribution in [3.63, 3.8) is 0 Å². The molecule has 0 saturated heterocycles. The fraction of sp³-hybridized carbons (Fsp3) is 0.227. The van der Waals surface area contributed by atoms with Gasteiger partial charge in [-0.15, -0.1) is 0 Å². The van der Waals surface area contributed by atoms with Crippen LogP contribution in [0.3, 0.4) is 0 Å². The molecule has 8 nitrogen and oxygen atoms in total. The Morgan fingerprint density at radius 2 is 1.83 bits per heavy atom. The minimum Gasteiger partial charge on any atom is -0.497 e. The van der Waals surface area contributed by atoms with Crippen molar-refractivity contribution >= 4 is 12.1 Å². The molecule has 2 aromatic carbocycles. The van der Waals surface area contributed by atoms with E-state index in [0.29, 0.717) is 22.9 Å². The number of amides is 1. The lowest BCUT2D eigenvalue weighted by Crippen LogP contribution is -2.17. The molecule has 1 amide bonds. The van der Waals surface area contributed by atoms with Gasteiger partial charge in [0, 0.05) is 5.56 Å². The summed E-state index contributed by atoms with van der Waals surface area (Å²) in [7, 11) is 3.18. The van der Waals surface area contributed by atoms with E-state index >= 15 is 0 Å². The normalized spacial score (nSPS) is 11.0. The molecule has 0 bridgehead atoms. The van der Waals surface area contributed by atoms with E-state index in [2.05, 4.69) is 20.7 Å². The monoisotopic (exact) mass is 408 g/mol. The quantitative estimate of drug-likeness (QED) is 0.438. The van der Waals surface area contributed by atoms with Gasteiger partial charge in [0.2, 0.25) is 0 Å². The second-order valence-electron chi connectivity index (χ2n) is 6.67. The van der Waals surface area contributed by atoms with Crippen molar-refractivity contribution in [2.45, 2.75) is 20.0 Å². The summed E-state index contributed by atoms with van der Waals surface area (Å²) in [5.41, 5.74) is 5.00. The Hall–Kier alpha value is -3.81. The van der Waals surface area contributed by atoms with Gasteiger partial charge in [-0.25, -0.2) is 5.43 Å². The molecule has 0 spiro atoms. The van der Waals surface area contributed by atoms with Gasteiger partial charge in [0.1, 0.15) is 11.4 Å². The molecule has 30 heavy (non-hydrogen) atoms. The number of aromatic nitrogens is 2. The molecular formula is C22H24N4O4. The summed E-state index contributed by atoms with van der Waals surface area (Å²) in [6.07, 6.45) is 1.58. The van der Waals surface area contributed by atoms with Crippen LogP contribution in [0.1, 0.15) is 29.9 Å². The van der Waals surface area contributed by atoms with Crippen LogP contribution in [0.4, 0.5) is 0 Å². The van der Waals surface area contributed by atoms with Crippen molar-refractivity contribution < 1.29 is 19.0 Å². The van der Waals surface area contributed by atoms with Gasteiger partial charge in [0.15, 0.2) is 11.5 Å². The number of aromatic amines is 1. The number of benzene rings is 2. The topological polar surface area (TPSA) is 97.8 Å². The highest BCUT2D eigenvalue weighted by Gasteiger charge is 2.13. The zero-order chi connectivity index (χ0) is 21.5. The van der Waals surface area contributed by atoms with Crippen LogP contribution in [-0.2, 0) is 0 Å². The maximum atomic E-state index is 12.3. The van der Waals surface area contributed by atoms with E-state index < -0.39 is 5.91 Å². The van der Waals surface area contributed by atoms with E-state index in [0.717, 1.165) is 16.9 Å². The minimum absolute atomic E-state index is 0.0314. The van der Waals surface area contributed by atoms with Gasteiger partial charge in [0.05, 0.1) is 32.2 Å². The molecule has 0 unspecified atom stereocenters. The van der Waals surface area contributed by atoms with E-state index in [1.165, 1.54) is 0 Å². The van der Waals surface area contributed by atoms with Gasteiger partial charge in [-0.1, -0.05) is 0 Å². The largest absolute Gasteiger partial charge is 0.497 e. The first kappa shape index (κ1) is 20.9. The first-order valence-electron chi connectivity index (χ1n) is 9.38. The van der Waals surface area contributed by atoms with Crippen LogP contribution in [-0.4, -0.2) is 42.6 Å². The maximum absolute atomic E-state index is 12.3. The molecular weight excluding hydrogens is 384 g/mol. The molecule has 156 valence electrons. The number of hydrogen-bond acceptors (Lipinski definition) is 6. The van der Waals surface area contributed by atoms with Crippen LogP contribution in [0.5, 0.6) is 17.2 Å². The van der Waals surface area contributed by atoms with Crippen molar-refractivity contribution in [2.24, 2.45) is 5.10 Å². The smallest absolute Gasteiger partial charge is 0.289 e. The highest BCUT2D eigenvalue weighted by atomic mass is 16.5. The van der Waals surface area contributed by atoms with E-state index in [1.807, 2.05) is 56.3 Å². The Balaban J connectivity index is 1.67. The Labute approximate surface area is 174 Å². The van der Waals surface area contributed by atoms with Gasteiger partial charge in [-0.05, 0) is 67.9 Å². The fourth-order valence-corrected chi connectivity index (χ4v) is 2.68. The fourth-order valence-electron chi connectivity index (χ4n) is 2.68. The number of carbonyl (C=O) groups excluding carboxylic acids is 1. The molecule has 3 aromatic rings. The Morgan fingerprint density at radius 1 is 1.07 bits per heavy atom. The third-order valence-corrected chi connectivity index (χ3v) is 4.14. The summed E-state index contributed by atoms with van der Waals surface area (Å²) in [4.78, 5) is 12.3. The summed E-state index contributed by atoms with van der Waals surface area (Å²) in [6.45, 7) is 3.89. The minimum atomic E-state index is -0.398. The summed E-state index contributed by atoms with van der Waals surface area (Å²) in [5.74, 6) is 1.60. The number of methoxy groups -OCH3 is 2. The van der Waals surface area contributed by atoms with Crippen LogP contribution < -0.4 is 19.6 Å². The lowest BCUT2D eigenvalue weighted by Gasteiger charge is -2.14. The Bertz CT molecular complexity index is 1030. The van der Waals surface area contributed by atoms with Gasteiger partial charge in [-0.2, -0.15) is 10.2 Å². The highest BCUT2D eigenvalue weighted by molar-refractivity contribution is 5.94. The number of H-pyrrole nitrogens is 1. The third kappa shape index (κ3) is 5.16. The SMILES string of the molecule is COc1ccc(/C=N\NC(=O)c2cc(-c3ccc(OC(C)C)c(OC)c3)n[nH]2)cc1. The number of rotatable bonds is 8.